The average molecular weight is 516 g/mol. The van der Waals surface area contributed by atoms with E-state index in [0.717, 1.165) is 45.4 Å². The largest absolute Gasteiger partial charge is 0.387 e. The van der Waals surface area contributed by atoms with Gasteiger partial charge < -0.3 is 20.5 Å². The summed E-state index contributed by atoms with van der Waals surface area (Å²) in [5, 5.41) is 17.6. The Morgan fingerprint density at radius 1 is 1.28 bits per heavy atom. The average Bonchev–Trinajstić information content (AvgIpc) is 2.70. The van der Waals surface area contributed by atoms with E-state index in [9.17, 15) is 5.11 Å². The van der Waals surface area contributed by atoms with Crippen LogP contribution in [0.15, 0.2) is 29.3 Å². The lowest BCUT2D eigenvalue weighted by Gasteiger charge is -2.33. The van der Waals surface area contributed by atoms with Crippen LogP contribution in [-0.4, -0.2) is 74.0 Å². The summed E-state index contributed by atoms with van der Waals surface area (Å²) in [6.07, 6.45) is 3.63. The van der Waals surface area contributed by atoms with E-state index in [2.05, 4.69) is 51.7 Å². The Balaban J connectivity index is 0.00000300. The first-order chi connectivity index (χ1) is 13.6. The number of nitrogens with one attached hydrogen (secondary N) is 2. The number of fused-ring (bicyclic) bond motifs is 1. The van der Waals surface area contributed by atoms with E-state index in [1.165, 1.54) is 30.4 Å². The molecule has 1 aromatic carbocycles. The van der Waals surface area contributed by atoms with Crippen molar-refractivity contribution in [2.45, 2.75) is 44.6 Å². The number of aryl methyl sites for hydroxylation is 1. The molecule has 0 spiro atoms. The Hall–Kier alpha value is -0.900. The van der Waals surface area contributed by atoms with Crippen LogP contribution in [0.5, 0.6) is 0 Å². The van der Waals surface area contributed by atoms with E-state index >= 15 is 0 Å². The fourth-order valence-corrected chi connectivity index (χ4v) is 4.17. The zero-order valence-corrected chi connectivity index (χ0v) is 20.2. The third-order valence-electron chi connectivity index (χ3n) is 5.60. The standard InChI is InChI=1S/C22H36N4O2.HI/c1-3-23-21(25-16-22(2,27)17-26-11-13-28-14-12-26)24-15-19-9-6-8-18-7-4-5-10-20(18)19;/h4-5,7,10,19,27H,3,6,8-9,11-17H2,1-2H3,(H2,23,24,25);1H. The fraction of sp³-hybridized carbons (Fsp3) is 0.682. The molecule has 1 saturated heterocycles. The lowest BCUT2D eigenvalue weighted by atomic mass is 9.83. The summed E-state index contributed by atoms with van der Waals surface area (Å²) in [5.41, 5.74) is 2.10. The Labute approximate surface area is 192 Å². The number of aliphatic imine (C=N–C) groups is 1. The van der Waals surface area contributed by atoms with Gasteiger partial charge in [-0.2, -0.15) is 0 Å². The molecule has 1 aliphatic heterocycles. The van der Waals surface area contributed by atoms with Gasteiger partial charge in [-0.05, 0) is 44.2 Å². The number of ether oxygens (including phenoxy) is 1. The number of hydrogen-bond donors (Lipinski definition) is 3. The molecular weight excluding hydrogens is 479 g/mol. The van der Waals surface area contributed by atoms with E-state index < -0.39 is 5.60 Å². The van der Waals surface area contributed by atoms with Crippen molar-refractivity contribution in [2.24, 2.45) is 4.99 Å². The number of hydrogen-bond acceptors (Lipinski definition) is 4. The van der Waals surface area contributed by atoms with Crippen molar-refractivity contribution in [2.75, 3.05) is 52.5 Å². The van der Waals surface area contributed by atoms with Crippen molar-refractivity contribution in [3.05, 3.63) is 35.4 Å². The highest BCUT2D eigenvalue weighted by Gasteiger charge is 2.25. The first kappa shape index (κ1) is 24.4. The second-order valence-corrected chi connectivity index (χ2v) is 8.25. The number of morpholine rings is 1. The predicted octanol–water partition coefficient (Wildman–Crippen LogP) is 2.36. The molecule has 7 heteroatoms. The molecule has 1 fully saturated rings. The van der Waals surface area contributed by atoms with Crippen molar-refractivity contribution >= 4 is 29.9 Å². The van der Waals surface area contributed by atoms with E-state index in [1.54, 1.807) is 0 Å². The van der Waals surface area contributed by atoms with Crippen molar-refractivity contribution < 1.29 is 9.84 Å². The van der Waals surface area contributed by atoms with Crippen molar-refractivity contribution in [1.82, 2.24) is 15.5 Å². The fourth-order valence-electron chi connectivity index (χ4n) is 4.17. The molecule has 2 unspecified atom stereocenters. The molecule has 2 aliphatic rings. The lowest BCUT2D eigenvalue weighted by Crippen LogP contribution is -2.48. The van der Waals surface area contributed by atoms with Gasteiger partial charge >= 0.3 is 0 Å². The molecule has 6 nitrogen and oxygen atoms in total. The second kappa shape index (κ2) is 12.1. The maximum Gasteiger partial charge on any atom is 0.191 e. The molecule has 1 aromatic rings. The molecule has 0 saturated carbocycles. The predicted molar refractivity (Wildman–Crippen MR) is 129 cm³/mol. The van der Waals surface area contributed by atoms with Gasteiger partial charge in [0.1, 0.15) is 0 Å². The minimum Gasteiger partial charge on any atom is -0.387 e. The van der Waals surface area contributed by atoms with Gasteiger partial charge in [-0.15, -0.1) is 24.0 Å². The third kappa shape index (κ3) is 7.70. The molecule has 2 atom stereocenters. The highest BCUT2D eigenvalue weighted by atomic mass is 127. The maximum atomic E-state index is 10.8. The van der Waals surface area contributed by atoms with Crippen LogP contribution in [0.1, 0.15) is 43.7 Å². The SMILES string of the molecule is CCNC(=NCC(C)(O)CN1CCOCC1)NCC1CCCc2ccccc21.I. The Morgan fingerprint density at radius 2 is 2.03 bits per heavy atom. The summed E-state index contributed by atoms with van der Waals surface area (Å²) in [6.45, 7) is 9.84. The number of rotatable bonds is 7. The van der Waals surface area contributed by atoms with Crippen LogP contribution in [0.3, 0.4) is 0 Å². The van der Waals surface area contributed by atoms with Gasteiger partial charge in [-0.3, -0.25) is 9.89 Å². The zero-order valence-electron chi connectivity index (χ0n) is 17.8. The minimum absolute atomic E-state index is 0. The lowest BCUT2D eigenvalue weighted by molar-refractivity contribution is -0.0179. The third-order valence-corrected chi connectivity index (χ3v) is 5.60. The van der Waals surface area contributed by atoms with Crippen LogP contribution in [0.4, 0.5) is 0 Å². The van der Waals surface area contributed by atoms with Crippen LogP contribution in [-0.2, 0) is 11.2 Å². The monoisotopic (exact) mass is 516 g/mol. The number of nitrogens with zero attached hydrogens (tertiary/aromatic N) is 2. The van der Waals surface area contributed by atoms with Crippen LogP contribution < -0.4 is 10.6 Å². The summed E-state index contributed by atoms with van der Waals surface area (Å²) in [6, 6.07) is 8.79. The van der Waals surface area contributed by atoms with Crippen LogP contribution >= 0.6 is 24.0 Å². The maximum absolute atomic E-state index is 10.8. The molecule has 0 amide bonds. The normalized spacial score (nSPS) is 22.2. The topological polar surface area (TPSA) is 69.1 Å². The number of aliphatic hydroxyl groups is 1. The highest BCUT2D eigenvalue weighted by molar-refractivity contribution is 14.0. The summed E-state index contributed by atoms with van der Waals surface area (Å²) in [5.74, 6) is 1.30. The summed E-state index contributed by atoms with van der Waals surface area (Å²) >= 11 is 0. The molecule has 3 N–H and O–H groups in total. The first-order valence-corrected chi connectivity index (χ1v) is 10.7. The Morgan fingerprint density at radius 3 is 2.79 bits per heavy atom. The molecule has 0 aromatic heterocycles. The van der Waals surface area contributed by atoms with Crippen LogP contribution in [0.2, 0.25) is 0 Å². The van der Waals surface area contributed by atoms with Crippen LogP contribution in [0, 0.1) is 0 Å². The van der Waals surface area contributed by atoms with E-state index in [1.807, 2.05) is 6.92 Å². The van der Waals surface area contributed by atoms with E-state index in [0.29, 0.717) is 19.0 Å². The molecule has 164 valence electrons. The van der Waals surface area contributed by atoms with E-state index in [-0.39, 0.29) is 24.0 Å². The van der Waals surface area contributed by atoms with Gasteiger partial charge in [0, 0.05) is 38.6 Å². The van der Waals surface area contributed by atoms with E-state index in [4.69, 9.17) is 4.74 Å². The second-order valence-electron chi connectivity index (χ2n) is 8.25. The number of β-amino-alcohol motifs (C(OH)–C–C–N with tert-alkyl or cyclic N) is 1. The van der Waals surface area contributed by atoms with Gasteiger partial charge in [0.15, 0.2) is 5.96 Å². The number of benzene rings is 1. The van der Waals surface area contributed by atoms with Gasteiger partial charge in [-0.25, -0.2) is 0 Å². The van der Waals surface area contributed by atoms with Crippen molar-refractivity contribution in [3.63, 3.8) is 0 Å². The highest BCUT2D eigenvalue weighted by Crippen LogP contribution is 2.30. The van der Waals surface area contributed by atoms with Gasteiger partial charge in [0.25, 0.3) is 0 Å². The minimum atomic E-state index is -0.850. The van der Waals surface area contributed by atoms with Gasteiger partial charge in [-0.1, -0.05) is 24.3 Å². The molecular formula is C22H37IN4O2. The zero-order chi connectivity index (χ0) is 19.8. The first-order valence-electron chi connectivity index (χ1n) is 10.7. The van der Waals surface area contributed by atoms with Gasteiger partial charge in [0.2, 0.25) is 0 Å². The summed E-state index contributed by atoms with van der Waals surface area (Å²) < 4.78 is 5.39. The molecule has 0 bridgehead atoms. The number of halogens is 1. The smallest absolute Gasteiger partial charge is 0.191 e. The molecule has 1 heterocycles. The molecule has 1 aliphatic carbocycles. The van der Waals surface area contributed by atoms with Gasteiger partial charge in [0.05, 0.1) is 25.4 Å². The molecule has 3 rings (SSSR count). The molecule has 0 radical (unpaired) electrons. The van der Waals surface area contributed by atoms with Crippen molar-refractivity contribution in [3.8, 4) is 0 Å². The quantitative estimate of drug-likeness (QED) is 0.295. The number of guanidine groups is 1. The molecule has 29 heavy (non-hydrogen) atoms. The van der Waals surface area contributed by atoms with Crippen molar-refractivity contribution in [1.29, 1.82) is 0 Å². The Kier molecular flexibility index (Phi) is 10.1. The summed E-state index contributed by atoms with van der Waals surface area (Å²) in [7, 11) is 0. The Bertz CT molecular complexity index is 647. The summed E-state index contributed by atoms with van der Waals surface area (Å²) in [4.78, 5) is 6.93. The van der Waals surface area contributed by atoms with Crippen LogP contribution in [0.25, 0.3) is 0 Å².